The topological polar surface area (TPSA) is 49.4 Å². The van der Waals surface area contributed by atoms with Gasteiger partial charge in [0.25, 0.3) is 0 Å². The highest BCUT2D eigenvalue weighted by Gasteiger charge is 2.47. The van der Waals surface area contributed by atoms with Crippen molar-refractivity contribution in [3.63, 3.8) is 0 Å². The number of amides is 2. The van der Waals surface area contributed by atoms with Crippen LogP contribution in [0, 0.1) is 0 Å². The molecule has 1 aliphatic rings. The van der Waals surface area contributed by atoms with E-state index >= 15 is 0 Å². The fourth-order valence-corrected chi connectivity index (χ4v) is 2.30. The molecule has 2 amide bonds. The third-order valence-electron chi connectivity index (χ3n) is 3.69. The first-order chi connectivity index (χ1) is 8.41. The van der Waals surface area contributed by atoms with E-state index in [1.165, 1.54) is 5.54 Å². The van der Waals surface area contributed by atoms with Crippen molar-refractivity contribution in [3.05, 3.63) is 11.1 Å². The average molecular weight is 273 g/mol. The van der Waals surface area contributed by atoms with Gasteiger partial charge in [0, 0.05) is 12.1 Å². The lowest BCUT2D eigenvalue weighted by molar-refractivity contribution is -0.154. The zero-order valence-corrected chi connectivity index (χ0v) is 12.2. The maximum absolute atomic E-state index is 12.6. The number of nitrogens with zero attached hydrogens (tertiary/aromatic N) is 1. The largest absolute Gasteiger partial charge is 0.340 e. The van der Waals surface area contributed by atoms with Crippen molar-refractivity contribution in [1.82, 2.24) is 10.2 Å². The van der Waals surface area contributed by atoms with Crippen LogP contribution < -0.4 is 5.32 Å². The maximum atomic E-state index is 12.6. The molecule has 1 unspecified atom stereocenters. The molecule has 0 aromatic carbocycles. The van der Waals surface area contributed by atoms with Gasteiger partial charge in [-0.3, -0.25) is 9.59 Å². The summed E-state index contributed by atoms with van der Waals surface area (Å²) < 4.78 is 0. The first-order valence-electron chi connectivity index (χ1n) is 6.30. The third kappa shape index (κ3) is 2.53. The van der Waals surface area contributed by atoms with Crippen LogP contribution >= 0.6 is 11.6 Å². The molecule has 0 aromatic heterocycles. The quantitative estimate of drug-likeness (QED) is 0.851. The van der Waals surface area contributed by atoms with Crippen LogP contribution in [-0.4, -0.2) is 34.8 Å². The predicted octanol–water partition coefficient (Wildman–Crippen LogP) is 2.03. The molecular formula is C13H21ClN2O2. The summed E-state index contributed by atoms with van der Waals surface area (Å²) in [6, 6.07) is -0.449. The highest BCUT2D eigenvalue weighted by atomic mass is 35.5. The van der Waals surface area contributed by atoms with Crippen LogP contribution in [0.3, 0.4) is 0 Å². The Hall–Kier alpha value is -1.03. The third-order valence-corrected chi connectivity index (χ3v) is 4.07. The standard InChI is InChI=1S/C13H21ClN2O2/c1-5-13(6-2)12(18)16(8-9(3)7-14)10(4)11(17)15-13/h7,10H,5-6,8H2,1-4H3,(H,15,17). The van der Waals surface area contributed by atoms with E-state index in [9.17, 15) is 9.59 Å². The molecule has 1 heterocycles. The molecule has 102 valence electrons. The number of rotatable bonds is 4. The number of piperazine rings is 1. The highest BCUT2D eigenvalue weighted by molar-refractivity contribution is 6.25. The van der Waals surface area contributed by atoms with Gasteiger partial charge in [0.1, 0.15) is 11.6 Å². The summed E-state index contributed by atoms with van der Waals surface area (Å²) in [5, 5.41) is 2.87. The van der Waals surface area contributed by atoms with Crippen molar-refractivity contribution in [2.24, 2.45) is 0 Å². The smallest absolute Gasteiger partial charge is 0.249 e. The Bertz CT molecular complexity index is 375. The second-order valence-corrected chi connectivity index (χ2v) is 5.06. The van der Waals surface area contributed by atoms with E-state index in [2.05, 4.69) is 5.32 Å². The zero-order chi connectivity index (χ0) is 13.9. The minimum absolute atomic E-state index is 0.0162. The number of nitrogens with one attached hydrogen (secondary N) is 1. The van der Waals surface area contributed by atoms with Gasteiger partial charge in [-0.2, -0.15) is 0 Å². The Labute approximate surface area is 113 Å². The summed E-state index contributed by atoms with van der Waals surface area (Å²) in [7, 11) is 0. The molecule has 1 rings (SSSR count). The summed E-state index contributed by atoms with van der Waals surface area (Å²) in [5.41, 5.74) is 1.56. The van der Waals surface area contributed by atoms with E-state index in [0.29, 0.717) is 19.4 Å². The van der Waals surface area contributed by atoms with Gasteiger partial charge in [-0.25, -0.2) is 0 Å². The van der Waals surface area contributed by atoms with Gasteiger partial charge < -0.3 is 10.2 Å². The van der Waals surface area contributed by atoms with Crippen LogP contribution in [-0.2, 0) is 9.59 Å². The van der Waals surface area contributed by atoms with E-state index in [4.69, 9.17) is 11.6 Å². The van der Waals surface area contributed by atoms with E-state index in [-0.39, 0.29) is 11.8 Å². The number of halogens is 1. The molecule has 5 heteroatoms. The molecule has 0 bridgehead atoms. The van der Waals surface area contributed by atoms with Gasteiger partial charge >= 0.3 is 0 Å². The van der Waals surface area contributed by atoms with E-state index < -0.39 is 11.6 Å². The number of carbonyl (C=O) groups is 2. The summed E-state index contributed by atoms with van der Waals surface area (Å²) in [5.74, 6) is -0.113. The van der Waals surface area contributed by atoms with Crippen molar-refractivity contribution in [2.75, 3.05) is 6.54 Å². The van der Waals surface area contributed by atoms with Crippen LogP contribution in [0.4, 0.5) is 0 Å². The summed E-state index contributed by atoms with van der Waals surface area (Å²) in [4.78, 5) is 26.2. The second kappa shape index (κ2) is 5.74. The second-order valence-electron chi connectivity index (χ2n) is 4.84. The SMILES string of the molecule is CCC1(CC)NC(=O)C(C)N(CC(C)=CCl)C1=O. The first kappa shape index (κ1) is 15.0. The molecule has 0 radical (unpaired) electrons. The van der Waals surface area contributed by atoms with Crippen molar-refractivity contribution in [2.45, 2.75) is 52.1 Å². The monoisotopic (exact) mass is 272 g/mol. The normalized spacial score (nSPS) is 24.2. The van der Waals surface area contributed by atoms with Crippen LogP contribution in [0.25, 0.3) is 0 Å². The molecule has 1 atom stereocenters. The first-order valence-corrected chi connectivity index (χ1v) is 6.74. The molecule has 1 N–H and O–H groups in total. The maximum Gasteiger partial charge on any atom is 0.249 e. The van der Waals surface area contributed by atoms with Crippen LogP contribution in [0.15, 0.2) is 11.1 Å². The van der Waals surface area contributed by atoms with Crippen molar-refractivity contribution < 1.29 is 9.59 Å². The summed E-state index contributed by atoms with van der Waals surface area (Å²) in [6.45, 7) is 7.82. The Morgan fingerprint density at radius 3 is 2.44 bits per heavy atom. The van der Waals surface area contributed by atoms with Crippen molar-refractivity contribution >= 4 is 23.4 Å². The van der Waals surface area contributed by atoms with Gasteiger partial charge in [0.05, 0.1) is 0 Å². The molecule has 1 fully saturated rings. The molecule has 18 heavy (non-hydrogen) atoms. The fourth-order valence-electron chi connectivity index (χ4n) is 2.23. The minimum Gasteiger partial charge on any atom is -0.340 e. The lowest BCUT2D eigenvalue weighted by atomic mass is 9.87. The lowest BCUT2D eigenvalue weighted by Gasteiger charge is -2.44. The van der Waals surface area contributed by atoms with Gasteiger partial charge in [0.2, 0.25) is 11.8 Å². The molecule has 0 saturated carbocycles. The van der Waals surface area contributed by atoms with Crippen LogP contribution in [0.5, 0.6) is 0 Å². The lowest BCUT2D eigenvalue weighted by Crippen LogP contribution is -2.69. The molecule has 4 nitrogen and oxygen atoms in total. The molecule has 1 aliphatic heterocycles. The zero-order valence-electron chi connectivity index (χ0n) is 11.4. The van der Waals surface area contributed by atoms with Gasteiger partial charge in [-0.05, 0) is 32.3 Å². The molecule has 0 spiro atoms. The molecular weight excluding hydrogens is 252 g/mol. The molecule has 0 aliphatic carbocycles. The molecule has 0 aromatic rings. The summed E-state index contributed by atoms with van der Waals surface area (Å²) in [6.07, 6.45) is 1.20. The summed E-state index contributed by atoms with van der Waals surface area (Å²) >= 11 is 5.64. The minimum atomic E-state index is -0.754. The fraction of sp³-hybridized carbons (Fsp3) is 0.692. The van der Waals surface area contributed by atoms with Crippen molar-refractivity contribution in [1.29, 1.82) is 0 Å². The highest BCUT2D eigenvalue weighted by Crippen LogP contribution is 2.25. The van der Waals surface area contributed by atoms with E-state index in [0.717, 1.165) is 5.57 Å². The number of hydrogen-bond donors (Lipinski definition) is 1. The Kier molecular flexibility index (Phi) is 4.79. The van der Waals surface area contributed by atoms with E-state index in [1.54, 1.807) is 11.8 Å². The van der Waals surface area contributed by atoms with Crippen molar-refractivity contribution in [3.8, 4) is 0 Å². The van der Waals surface area contributed by atoms with Crippen LogP contribution in [0.2, 0.25) is 0 Å². The Morgan fingerprint density at radius 2 is 2.00 bits per heavy atom. The van der Waals surface area contributed by atoms with E-state index in [1.807, 2.05) is 20.8 Å². The predicted molar refractivity (Wildman–Crippen MR) is 72.2 cm³/mol. The Balaban J connectivity index is 3.06. The van der Waals surface area contributed by atoms with Crippen LogP contribution in [0.1, 0.15) is 40.5 Å². The number of carbonyl (C=O) groups excluding carboxylic acids is 2. The average Bonchev–Trinajstić information content (AvgIpc) is 2.38. The number of hydrogen-bond acceptors (Lipinski definition) is 2. The Morgan fingerprint density at radius 1 is 1.44 bits per heavy atom. The van der Waals surface area contributed by atoms with Gasteiger partial charge in [-0.1, -0.05) is 25.4 Å². The molecule has 1 saturated heterocycles. The van der Waals surface area contributed by atoms with Gasteiger partial charge in [0.15, 0.2) is 0 Å². The van der Waals surface area contributed by atoms with Gasteiger partial charge in [-0.15, -0.1) is 0 Å².